The topological polar surface area (TPSA) is 180 Å². The predicted octanol–water partition coefficient (Wildman–Crippen LogP) is 5.51. The van der Waals surface area contributed by atoms with Gasteiger partial charge < -0.3 is 34.5 Å². The van der Waals surface area contributed by atoms with Crippen LogP contribution in [0, 0.1) is 11.3 Å². The molecule has 2 aliphatic heterocycles. The first-order valence-electron chi connectivity index (χ1n) is 22.0. The number of ether oxygens (including phenoxy) is 2. The summed E-state index contributed by atoms with van der Waals surface area (Å²) in [5.41, 5.74) is 9.20. The van der Waals surface area contributed by atoms with Gasteiger partial charge in [0.05, 0.1) is 34.8 Å². The maximum absolute atomic E-state index is 14.6. The third kappa shape index (κ3) is 10.5. The van der Waals surface area contributed by atoms with Crippen molar-refractivity contribution in [3.63, 3.8) is 0 Å². The van der Waals surface area contributed by atoms with Crippen LogP contribution in [0.1, 0.15) is 76.8 Å². The molecule has 3 N–H and O–H groups in total. The molecule has 5 amide bonds. The molecule has 1 saturated heterocycles. The predicted molar refractivity (Wildman–Crippen MR) is 247 cm³/mol. The summed E-state index contributed by atoms with van der Waals surface area (Å²) in [6.45, 7) is 16.9. The SMILES string of the molecule is C=CC(=O)NCCN(C)C(=O)N(C)C(C(=O)N[C@H]1Cc2nc(cs2)-c2ccc3c(c2)c(c(-c2cccnc2[C@H](C)OC)n3CC)CC(C)(C)COC(=O)[C@@H]2CCCN(N2)C1=O)C(C)C. The van der Waals surface area contributed by atoms with E-state index in [0.29, 0.717) is 37.4 Å². The molecule has 0 saturated carbocycles. The van der Waals surface area contributed by atoms with Crippen molar-refractivity contribution in [3.8, 4) is 22.5 Å². The summed E-state index contributed by atoms with van der Waals surface area (Å²) in [6, 6.07) is 7.10. The Hall–Kier alpha value is -5.65. The summed E-state index contributed by atoms with van der Waals surface area (Å²) < 4.78 is 14.2. The van der Waals surface area contributed by atoms with Crippen molar-refractivity contribution in [1.82, 2.24) is 45.4 Å². The minimum atomic E-state index is -1.10. The molecule has 0 radical (unpaired) electrons. The number of carbonyl (C=O) groups is 5. The molecular weight excluding hydrogens is 835 g/mol. The Kier molecular flexibility index (Phi) is 15.3. The van der Waals surface area contributed by atoms with Crippen molar-refractivity contribution in [1.29, 1.82) is 0 Å². The van der Waals surface area contributed by atoms with Crippen LogP contribution in [0.25, 0.3) is 33.4 Å². The van der Waals surface area contributed by atoms with Crippen LogP contribution in [-0.4, -0.2) is 125 Å². The lowest BCUT2D eigenvalue weighted by molar-refractivity contribution is -0.155. The molecule has 0 aliphatic carbocycles. The van der Waals surface area contributed by atoms with E-state index < -0.39 is 47.4 Å². The first kappa shape index (κ1) is 47.8. The van der Waals surface area contributed by atoms with Gasteiger partial charge in [-0.2, -0.15) is 0 Å². The number of aromatic nitrogens is 3. The van der Waals surface area contributed by atoms with Crippen LogP contribution in [0.15, 0.2) is 54.6 Å². The number of carbonyl (C=O) groups excluding carboxylic acids is 5. The van der Waals surface area contributed by atoms with Crippen LogP contribution in [0.5, 0.6) is 0 Å². The highest BCUT2D eigenvalue weighted by Gasteiger charge is 2.38. The first-order valence-corrected chi connectivity index (χ1v) is 22.9. The van der Waals surface area contributed by atoms with Gasteiger partial charge in [-0.3, -0.25) is 29.2 Å². The number of urea groups is 1. The Labute approximate surface area is 379 Å². The minimum absolute atomic E-state index is 0.0629. The number of methoxy groups -OCH3 is 1. The smallest absolute Gasteiger partial charge is 0.324 e. The van der Waals surface area contributed by atoms with Crippen LogP contribution >= 0.6 is 11.3 Å². The van der Waals surface area contributed by atoms with Crippen molar-refractivity contribution in [2.75, 3.05) is 47.4 Å². The number of amides is 5. The molecule has 1 aromatic carbocycles. The molecular formula is C47H63N9O7S. The third-order valence-electron chi connectivity index (χ3n) is 12.0. The molecule has 1 fully saturated rings. The fraction of sp³-hybridized carbons (Fsp3) is 0.511. The number of esters is 1. The molecule has 4 aromatic rings. The third-order valence-corrected chi connectivity index (χ3v) is 12.9. The number of pyridine rings is 1. The summed E-state index contributed by atoms with van der Waals surface area (Å²) in [5, 5.41) is 10.7. The number of nitrogens with zero attached hydrogens (tertiary/aromatic N) is 6. The highest BCUT2D eigenvalue weighted by atomic mass is 32.1. The molecule has 3 aromatic heterocycles. The van der Waals surface area contributed by atoms with Gasteiger partial charge in [-0.05, 0) is 74.9 Å². The normalized spacial score (nSPS) is 18.8. The zero-order chi connectivity index (χ0) is 46.5. The highest BCUT2D eigenvalue weighted by Crippen LogP contribution is 2.42. The second-order valence-corrected chi connectivity index (χ2v) is 18.7. The summed E-state index contributed by atoms with van der Waals surface area (Å²) >= 11 is 1.39. The average molecular weight is 898 g/mol. The highest BCUT2D eigenvalue weighted by molar-refractivity contribution is 7.10. The number of hydrogen-bond acceptors (Lipinski definition) is 11. The fourth-order valence-corrected chi connectivity index (χ4v) is 9.50. The van der Waals surface area contributed by atoms with Crippen molar-refractivity contribution in [2.45, 2.75) is 98.0 Å². The molecule has 6 bridgehead atoms. The number of hydrogen-bond donors (Lipinski definition) is 3. The number of aryl methyl sites for hydroxylation is 1. The van der Waals surface area contributed by atoms with E-state index in [2.05, 4.69) is 72.2 Å². The summed E-state index contributed by atoms with van der Waals surface area (Å²) in [7, 11) is 4.81. The van der Waals surface area contributed by atoms with Gasteiger partial charge >= 0.3 is 12.0 Å². The largest absolute Gasteiger partial charge is 0.464 e. The summed E-state index contributed by atoms with van der Waals surface area (Å²) in [5.74, 6) is -2.11. The second kappa shape index (κ2) is 20.5. The molecule has 5 heterocycles. The Morgan fingerprint density at radius 1 is 1.17 bits per heavy atom. The number of fused-ring (bicyclic) bond motifs is 6. The van der Waals surface area contributed by atoms with E-state index in [9.17, 15) is 24.0 Å². The van der Waals surface area contributed by atoms with E-state index in [1.54, 1.807) is 27.4 Å². The maximum Gasteiger partial charge on any atom is 0.324 e. The summed E-state index contributed by atoms with van der Waals surface area (Å²) in [6.07, 6.45) is 4.31. The Morgan fingerprint density at radius 2 is 1.94 bits per heavy atom. The number of thiazole rings is 1. The molecule has 16 nitrogen and oxygen atoms in total. The van der Waals surface area contributed by atoms with Crippen molar-refractivity contribution < 1.29 is 33.4 Å². The van der Waals surface area contributed by atoms with E-state index in [1.165, 1.54) is 26.1 Å². The molecule has 64 heavy (non-hydrogen) atoms. The average Bonchev–Trinajstić information content (AvgIpc) is 3.88. The van der Waals surface area contributed by atoms with Gasteiger partial charge in [-0.15, -0.1) is 11.3 Å². The van der Waals surface area contributed by atoms with Gasteiger partial charge in [0.15, 0.2) is 0 Å². The Morgan fingerprint density at radius 3 is 2.64 bits per heavy atom. The van der Waals surface area contributed by atoms with Gasteiger partial charge in [0.1, 0.15) is 18.1 Å². The van der Waals surface area contributed by atoms with Crippen LogP contribution in [0.3, 0.4) is 0 Å². The van der Waals surface area contributed by atoms with Gasteiger partial charge in [0.2, 0.25) is 11.8 Å². The number of nitrogens with one attached hydrogen (secondary N) is 3. The summed E-state index contributed by atoms with van der Waals surface area (Å²) in [4.78, 5) is 80.6. The van der Waals surface area contributed by atoms with E-state index in [-0.39, 0.29) is 44.0 Å². The van der Waals surface area contributed by atoms with Crippen molar-refractivity contribution >= 4 is 52.0 Å². The molecule has 4 atom stereocenters. The van der Waals surface area contributed by atoms with Crippen LogP contribution in [0.4, 0.5) is 4.79 Å². The standard InChI is InChI=1S/C47H63N9O7S/c1-11-38(57)48-20-22-53(8)46(61)54(9)41(28(3)4)43(58)51-35-24-39-50-36(26-64-39)30-17-18-37-32(23-30)33(42(55(37)12-2)31-15-13-19-49-40(31)29(5)62-10)25-47(6,7)27-63-45(60)34-16-14-21-56(52-34)44(35)59/h11,13,15,17-19,23,26,28-29,34-35,41,52H,1,12,14,16,20-22,24-25,27H2,2-10H3,(H,48,57)(H,51,58)/t29-,34-,35-,41?/m0/s1. The molecule has 17 heteroatoms. The second-order valence-electron chi connectivity index (χ2n) is 17.8. The number of hydrazine groups is 1. The number of rotatable bonds is 12. The molecule has 0 spiro atoms. The van der Waals surface area contributed by atoms with Gasteiger partial charge in [0, 0.05) is 92.8 Å². The maximum atomic E-state index is 14.6. The molecule has 344 valence electrons. The quantitative estimate of drug-likeness (QED) is 0.121. The van der Waals surface area contributed by atoms with E-state index in [4.69, 9.17) is 19.4 Å². The zero-order valence-corrected chi connectivity index (χ0v) is 39.3. The molecule has 1 unspecified atom stereocenters. The number of benzene rings is 1. The van der Waals surface area contributed by atoms with Crippen LogP contribution in [0.2, 0.25) is 0 Å². The monoisotopic (exact) mass is 897 g/mol. The lowest BCUT2D eigenvalue weighted by atomic mass is 9.84. The van der Waals surface area contributed by atoms with E-state index >= 15 is 0 Å². The van der Waals surface area contributed by atoms with Crippen molar-refractivity contribution in [3.05, 3.63) is 70.8 Å². The lowest BCUT2D eigenvalue weighted by Gasteiger charge is -2.37. The molecule has 6 rings (SSSR count). The number of likely N-dealkylation sites (N-methyl/N-ethyl adjacent to an activating group) is 2. The number of cyclic esters (lactones) is 1. The first-order chi connectivity index (χ1) is 30.5. The van der Waals surface area contributed by atoms with Gasteiger partial charge in [0.25, 0.3) is 5.91 Å². The van der Waals surface area contributed by atoms with E-state index in [1.807, 2.05) is 32.2 Å². The fourth-order valence-electron chi connectivity index (χ4n) is 8.65. The molecule has 2 aliphatic rings. The van der Waals surface area contributed by atoms with E-state index in [0.717, 1.165) is 50.8 Å². The van der Waals surface area contributed by atoms with Gasteiger partial charge in [-0.25, -0.2) is 15.2 Å². The van der Waals surface area contributed by atoms with Gasteiger partial charge in [-0.1, -0.05) is 40.3 Å². The lowest BCUT2D eigenvalue weighted by Crippen LogP contribution is -2.62. The Bertz CT molecular complexity index is 2370. The van der Waals surface area contributed by atoms with Crippen LogP contribution < -0.4 is 16.1 Å². The Balaban J connectivity index is 1.40. The van der Waals surface area contributed by atoms with Crippen molar-refractivity contribution in [2.24, 2.45) is 11.3 Å². The minimum Gasteiger partial charge on any atom is -0.464 e. The zero-order valence-electron chi connectivity index (χ0n) is 38.5. The van der Waals surface area contributed by atoms with Crippen LogP contribution in [-0.2, 0) is 48.0 Å².